The molecule has 2 rings (SSSR count). The highest BCUT2D eigenvalue weighted by Gasteiger charge is 2.51. The zero-order chi connectivity index (χ0) is 16.5. The van der Waals surface area contributed by atoms with Crippen molar-refractivity contribution < 1.29 is 14.3 Å². The van der Waals surface area contributed by atoms with Crippen LogP contribution in [0.3, 0.4) is 0 Å². The number of hydrogen-bond donors (Lipinski definition) is 2. The molecule has 1 saturated carbocycles. The van der Waals surface area contributed by atoms with E-state index in [1.165, 1.54) is 0 Å². The van der Waals surface area contributed by atoms with Gasteiger partial charge in [-0.05, 0) is 50.8 Å². The predicted molar refractivity (Wildman–Crippen MR) is 84.6 cm³/mol. The summed E-state index contributed by atoms with van der Waals surface area (Å²) in [4.78, 5) is 23.9. The monoisotopic (exact) mass is 304 g/mol. The van der Waals surface area contributed by atoms with Crippen molar-refractivity contribution in [3.05, 3.63) is 29.3 Å². The maximum atomic E-state index is 12.6. The second-order valence-corrected chi connectivity index (χ2v) is 6.70. The number of aryl methyl sites for hydroxylation is 1. The first kappa shape index (κ1) is 16.3. The van der Waals surface area contributed by atoms with Gasteiger partial charge in [-0.3, -0.25) is 9.59 Å². The lowest BCUT2D eigenvalue weighted by Crippen LogP contribution is -2.45. The van der Waals surface area contributed by atoms with E-state index in [-0.39, 0.29) is 12.5 Å². The van der Waals surface area contributed by atoms with Crippen LogP contribution in [0.15, 0.2) is 18.2 Å². The molecule has 120 valence electrons. The van der Waals surface area contributed by atoms with E-state index in [1.54, 1.807) is 21.0 Å². The molecule has 2 amide bonds. The highest BCUT2D eigenvalue weighted by molar-refractivity contribution is 5.92. The maximum absolute atomic E-state index is 12.6. The molecule has 1 aromatic rings. The third kappa shape index (κ3) is 2.93. The van der Waals surface area contributed by atoms with Crippen LogP contribution in [0.2, 0.25) is 0 Å². The standard InChI is InChI=1S/C17H24N2O3/c1-11-5-6-12(9-13(11)22-4)17(7-8-17)15(21)19-10-16(2,3)14(18)20/h5-6,9H,7-8,10H2,1-4H3,(H2,18,20)(H,19,21). The molecule has 0 atom stereocenters. The Kier molecular flexibility index (Phi) is 4.18. The zero-order valence-electron chi connectivity index (χ0n) is 13.7. The van der Waals surface area contributed by atoms with Crippen LogP contribution >= 0.6 is 0 Å². The minimum atomic E-state index is -0.753. The molecule has 0 aliphatic heterocycles. The van der Waals surface area contributed by atoms with Crippen LogP contribution in [-0.4, -0.2) is 25.5 Å². The Morgan fingerprint density at radius 3 is 2.50 bits per heavy atom. The quantitative estimate of drug-likeness (QED) is 0.838. The van der Waals surface area contributed by atoms with Gasteiger partial charge in [0.05, 0.1) is 17.9 Å². The molecule has 5 nitrogen and oxygen atoms in total. The van der Waals surface area contributed by atoms with Gasteiger partial charge in [0.25, 0.3) is 0 Å². The second-order valence-electron chi connectivity index (χ2n) is 6.70. The summed E-state index contributed by atoms with van der Waals surface area (Å²) in [5, 5.41) is 2.88. The summed E-state index contributed by atoms with van der Waals surface area (Å²) in [6.07, 6.45) is 1.62. The van der Waals surface area contributed by atoms with Crippen molar-refractivity contribution in [2.45, 2.75) is 39.0 Å². The molecule has 0 bridgehead atoms. The molecule has 1 fully saturated rings. The minimum absolute atomic E-state index is 0.0484. The lowest BCUT2D eigenvalue weighted by molar-refractivity contribution is -0.127. The van der Waals surface area contributed by atoms with Crippen LogP contribution < -0.4 is 15.8 Å². The van der Waals surface area contributed by atoms with Crippen molar-refractivity contribution in [2.75, 3.05) is 13.7 Å². The number of amides is 2. The molecule has 0 spiro atoms. The molecule has 0 radical (unpaired) electrons. The number of methoxy groups -OCH3 is 1. The van der Waals surface area contributed by atoms with Gasteiger partial charge in [-0.1, -0.05) is 12.1 Å². The van der Waals surface area contributed by atoms with Crippen LogP contribution in [0.5, 0.6) is 5.75 Å². The number of rotatable bonds is 6. The Bertz CT molecular complexity index is 604. The van der Waals surface area contributed by atoms with Gasteiger partial charge in [-0.25, -0.2) is 0 Å². The molecular weight excluding hydrogens is 280 g/mol. The summed E-state index contributed by atoms with van der Waals surface area (Å²) >= 11 is 0. The number of nitrogens with two attached hydrogens (primary N) is 1. The molecule has 0 saturated heterocycles. The lowest BCUT2D eigenvalue weighted by atomic mass is 9.90. The van der Waals surface area contributed by atoms with Crippen molar-refractivity contribution in [3.63, 3.8) is 0 Å². The SMILES string of the molecule is COc1cc(C2(C(=O)NCC(C)(C)C(N)=O)CC2)ccc1C. The average molecular weight is 304 g/mol. The molecule has 1 aromatic carbocycles. The summed E-state index contributed by atoms with van der Waals surface area (Å²) in [6, 6.07) is 5.87. The van der Waals surface area contributed by atoms with Gasteiger partial charge in [-0.2, -0.15) is 0 Å². The number of carbonyl (C=O) groups excluding carboxylic acids is 2. The predicted octanol–water partition coefficient (Wildman–Crippen LogP) is 1.66. The minimum Gasteiger partial charge on any atom is -0.496 e. The van der Waals surface area contributed by atoms with Crippen molar-refractivity contribution in [3.8, 4) is 5.75 Å². The van der Waals surface area contributed by atoms with Crippen LogP contribution in [0.1, 0.15) is 37.8 Å². The molecule has 5 heteroatoms. The lowest BCUT2D eigenvalue weighted by Gasteiger charge is -2.23. The van der Waals surface area contributed by atoms with Gasteiger partial charge < -0.3 is 15.8 Å². The molecule has 0 heterocycles. The Balaban J connectivity index is 2.14. The van der Waals surface area contributed by atoms with E-state index in [0.717, 1.165) is 29.7 Å². The van der Waals surface area contributed by atoms with E-state index in [4.69, 9.17) is 10.5 Å². The number of hydrogen-bond acceptors (Lipinski definition) is 3. The van der Waals surface area contributed by atoms with Gasteiger partial charge in [0.15, 0.2) is 0 Å². The van der Waals surface area contributed by atoms with E-state index in [1.807, 2.05) is 25.1 Å². The molecule has 1 aliphatic rings. The van der Waals surface area contributed by atoms with E-state index < -0.39 is 16.7 Å². The third-order valence-electron chi connectivity index (χ3n) is 4.50. The van der Waals surface area contributed by atoms with E-state index in [0.29, 0.717) is 0 Å². The fourth-order valence-corrected chi connectivity index (χ4v) is 2.45. The average Bonchev–Trinajstić information content (AvgIpc) is 3.27. The summed E-state index contributed by atoms with van der Waals surface area (Å²) in [6.45, 7) is 5.66. The Hall–Kier alpha value is -2.04. The highest BCUT2D eigenvalue weighted by atomic mass is 16.5. The number of nitrogens with one attached hydrogen (secondary N) is 1. The fourth-order valence-electron chi connectivity index (χ4n) is 2.45. The fraction of sp³-hybridized carbons (Fsp3) is 0.529. The number of carbonyl (C=O) groups is 2. The Morgan fingerprint density at radius 1 is 1.36 bits per heavy atom. The number of primary amides is 1. The van der Waals surface area contributed by atoms with Gasteiger partial charge in [0.1, 0.15) is 5.75 Å². The van der Waals surface area contributed by atoms with E-state index in [2.05, 4.69) is 5.32 Å². The second kappa shape index (κ2) is 5.63. The van der Waals surface area contributed by atoms with Crippen molar-refractivity contribution in [2.24, 2.45) is 11.1 Å². The van der Waals surface area contributed by atoms with Gasteiger partial charge in [0, 0.05) is 6.54 Å². The van der Waals surface area contributed by atoms with Crippen molar-refractivity contribution in [1.82, 2.24) is 5.32 Å². The van der Waals surface area contributed by atoms with Crippen LogP contribution in [-0.2, 0) is 15.0 Å². The first-order chi connectivity index (χ1) is 10.2. The van der Waals surface area contributed by atoms with Crippen LogP contribution in [0, 0.1) is 12.3 Å². The highest BCUT2D eigenvalue weighted by Crippen LogP contribution is 2.49. The first-order valence-electron chi connectivity index (χ1n) is 7.46. The summed E-state index contributed by atoms with van der Waals surface area (Å²) in [7, 11) is 1.63. The maximum Gasteiger partial charge on any atom is 0.230 e. The summed E-state index contributed by atoms with van der Waals surface area (Å²) in [5.74, 6) is 0.316. The smallest absolute Gasteiger partial charge is 0.230 e. The number of ether oxygens (including phenoxy) is 1. The molecule has 0 aromatic heterocycles. The molecule has 22 heavy (non-hydrogen) atoms. The summed E-state index contributed by atoms with van der Waals surface area (Å²) < 4.78 is 5.34. The number of benzene rings is 1. The van der Waals surface area contributed by atoms with E-state index >= 15 is 0 Å². The largest absolute Gasteiger partial charge is 0.496 e. The van der Waals surface area contributed by atoms with Gasteiger partial charge >= 0.3 is 0 Å². The molecular formula is C17H24N2O3. The van der Waals surface area contributed by atoms with Gasteiger partial charge in [0.2, 0.25) is 11.8 Å². The zero-order valence-corrected chi connectivity index (χ0v) is 13.7. The Morgan fingerprint density at radius 2 is 2.00 bits per heavy atom. The topological polar surface area (TPSA) is 81.4 Å². The van der Waals surface area contributed by atoms with Crippen LogP contribution in [0.25, 0.3) is 0 Å². The van der Waals surface area contributed by atoms with Crippen LogP contribution in [0.4, 0.5) is 0 Å². The summed E-state index contributed by atoms with van der Waals surface area (Å²) in [5.41, 5.74) is 6.10. The van der Waals surface area contributed by atoms with Crippen molar-refractivity contribution >= 4 is 11.8 Å². The molecule has 3 N–H and O–H groups in total. The molecule has 1 aliphatic carbocycles. The first-order valence-corrected chi connectivity index (χ1v) is 7.46. The van der Waals surface area contributed by atoms with Crippen molar-refractivity contribution in [1.29, 1.82) is 0 Å². The molecule has 0 unspecified atom stereocenters. The van der Waals surface area contributed by atoms with E-state index in [9.17, 15) is 9.59 Å². The Labute approximate surface area is 131 Å². The third-order valence-corrected chi connectivity index (χ3v) is 4.50. The normalized spacial score (nSPS) is 16.0. The van der Waals surface area contributed by atoms with Gasteiger partial charge in [-0.15, -0.1) is 0 Å².